The summed E-state index contributed by atoms with van der Waals surface area (Å²) in [6.45, 7) is 9.75. The lowest BCUT2D eigenvalue weighted by atomic mass is 10.1. The van der Waals surface area contributed by atoms with E-state index in [1.807, 2.05) is 62.4 Å². The van der Waals surface area contributed by atoms with Crippen molar-refractivity contribution < 1.29 is 40.7 Å². The summed E-state index contributed by atoms with van der Waals surface area (Å²) < 4.78 is 71.6. The SMILES string of the molecule is CP(C)(=O)CS(=O)(=O)c1ccc(N)cc1.Cc1ccc(-c2cnc(N)c(C(=O)Cc3ccc(S(=O)(=O)CP(C)(C)=O)cc3)n2)cc1.Cc1ccc(-c2cnc(N)c(C(=O)O)n2)cc1. The molecule has 0 saturated heterocycles. The third-order valence-corrected chi connectivity index (χ3v) is 18.3. The molecule has 20 heteroatoms. The zero-order valence-electron chi connectivity index (χ0n) is 35.5. The molecule has 0 fully saturated rings. The average Bonchev–Trinajstić information content (AvgIpc) is 3.18. The van der Waals surface area contributed by atoms with E-state index in [0.29, 0.717) is 22.6 Å². The number of nitrogens with two attached hydrogens (primary N) is 3. The van der Waals surface area contributed by atoms with Gasteiger partial charge in [-0.2, -0.15) is 0 Å². The molecule has 0 aliphatic heterocycles. The van der Waals surface area contributed by atoms with E-state index < -0.39 is 45.4 Å². The summed E-state index contributed by atoms with van der Waals surface area (Å²) in [5.41, 5.74) is 22.0. The predicted octanol–water partition coefficient (Wildman–Crippen LogP) is 7.17. The highest BCUT2D eigenvalue weighted by atomic mass is 32.2. The van der Waals surface area contributed by atoms with Gasteiger partial charge in [-0.15, -0.1) is 0 Å². The van der Waals surface area contributed by atoms with Crippen molar-refractivity contribution in [3.05, 3.63) is 138 Å². The number of benzene rings is 4. The minimum atomic E-state index is -3.65. The highest BCUT2D eigenvalue weighted by Gasteiger charge is 2.24. The van der Waals surface area contributed by atoms with Gasteiger partial charge < -0.3 is 31.4 Å². The van der Waals surface area contributed by atoms with Crippen LogP contribution in [0.25, 0.3) is 22.5 Å². The first kappa shape index (κ1) is 49.6. The Morgan fingerprint density at radius 3 is 1.32 bits per heavy atom. The zero-order valence-corrected chi connectivity index (χ0v) is 38.9. The lowest BCUT2D eigenvalue weighted by molar-refractivity contribution is 0.0691. The summed E-state index contributed by atoms with van der Waals surface area (Å²) in [6.07, 6.45) is 2.99. The van der Waals surface area contributed by atoms with Gasteiger partial charge in [0.2, 0.25) is 0 Å². The number of nitrogen functional groups attached to an aromatic ring is 3. The van der Waals surface area contributed by atoms with E-state index in [0.717, 1.165) is 22.3 Å². The molecule has 6 aromatic rings. The second-order valence-electron chi connectivity index (χ2n) is 15.5. The highest BCUT2D eigenvalue weighted by molar-refractivity contribution is 7.99. The van der Waals surface area contributed by atoms with Crippen LogP contribution in [0.1, 0.15) is 37.7 Å². The molecule has 7 N–H and O–H groups in total. The molecule has 0 aliphatic carbocycles. The van der Waals surface area contributed by atoms with E-state index in [1.54, 1.807) is 12.1 Å². The van der Waals surface area contributed by atoms with Gasteiger partial charge in [0.15, 0.2) is 42.8 Å². The fourth-order valence-electron chi connectivity index (χ4n) is 5.61. The fraction of sp³-hybridized carbons (Fsp3) is 0.209. The highest BCUT2D eigenvalue weighted by Crippen LogP contribution is 2.40. The maximum atomic E-state index is 12.8. The monoisotopic (exact) mass is 933 g/mol. The first-order valence-corrected chi connectivity index (χ1v) is 27.7. The Morgan fingerprint density at radius 1 is 0.571 bits per heavy atom. The molecule has 4 aromatic carbocycles. The summed E-state index contributed by atoms with van der Waals surface area (Å²) in [7, 11) is -12.4. The van der Waals surface area contributed by atoms with Gasteiger partial charge in [0.05, 0.1) is 47.9 Å². The quantitative estimate of drug-likeness (QED) is 0.0537. The summed E-state index contributed by atoms with van der Waals surface area (Å²) in [5.74, 6) is -1.53. The number of Topliss-reactive ketones (excluding diaryl/α,β-unsaturated/α-hetero) is 1. The Kier molecular flexibility index (Phi) is 16.1. The molecule has 2 aromatic heterocycles. The Bertz CT molecular complexity index is 2920. The standard InChI is InChI=1S/C22H24N3O4PS.C12H11N3O2.C9H14NO3PS/c1-15-4-8-17(9-5-15)19-13-24-22(23)21(25-19)20(26)12-16-6-10-18(11-7-16)31(28,29)14-30(2,3)27;1-7-2-4-8(5-3-7)9-6-14-11(13)10(15-9)12(16)17;1-14(2,11)7-15(12,13)9-5-3-8(10)4-6-9/h4-11,13H,12,14H2,1-3H3,(H2,23,24);2-6H,1H3,(H2,13,14)(H,16,17);3-6H,7,10H2,1-2H3. The molecule has 332 valence electrons. The van der Waals surface area contributed by atoms with Gasteiger partial charge in [-0.1, -0.05) is 71.8 Å². The molecule has 0 atom stereocenters. The Morgan fingerprint density at radius 2 is 0.937 bits per heavy atom. The third kappa shape index (κ3) is 15.1. The van der Waals surface area contributed by atoms with Crippen LogP contribution in [0.15, 0.2) is 119 Å². The summed E-state index contributed by atoms with van der Waals surface area (Å²) >= 11 is 0. The van der Waals surface area contributed by atoms with E-state index in [4.69, 9.17) is 22.3 Å². The van der Waals surface area contributed by atoms with Crippen molar-refractivity contribution >= 4 is 63.0 Å². The van der Waals surface area contributed by atoms with Crippen LogP contribution in [-0.2, 0) is 35.2 Å². The molecule has 0 unspecified atom stereocenters. The Labute approximate surface area is 367 Å². The number of carbonyl (C=O) groups excluding carboxylic acids is 1. The molecule has 6 rings (SSSR count). The molecule has 0 amide bonds. The van der Waals surface area contributed by atoms with Crippen LogP contribution in [0, 0.1) is 13.8 Å². The van der Waals surface area contributed by atoms with E-state index >= 15 is 0 Å². The number of carboxylic acid groups (broad SMARTS) is 1. The van der Waals surface area contributed by atoms with Crippen LogP contribution in [0.2, 0.25) is 0 Å². The number of ketones is 1. The molecule has 0 radical (unpaired) electrons. The third-order valence-electron chi connectivity index (χ3n) is 8.61. The maximum absolute atomic E-state index is 12.8. The van der Waals surface area contributed by atoms with Crippen molar-refractivity contribution in [1.29, 1.82) is 0 Å². The first-order chi connectivity index (χ1) is 29.2. The second-order valence-corrected chi connectivity index (χ2v) is 27.2. The van der Waals surface area contributed by atoms with Crippen molar-refractivity contribution in [2.75, 3.05) is 54.8 Å². The topological polar surface area (TPSA) is 286 Å². The van der Waals surface area contributed by atoms with Crippen LogP contribution in [-0.4, -0.2) is 91.3 Å². The van der Waals surface area contributed by atoms with Crippen molar-refractivity contribution in [1.82, 2.24) is 19.9 Å². The Hall–Kier alpha value is -6.06. The molecule has 2 heterocycles. The number of carbonyl (C=O) groups is 2. The molecule has 0 aliphatic rings. The number of carboxylic acids is 1. The summed E-state index contributed by atoms with van der Waals surface area (Å²) in [6, 6.07) is 27.1. The number of anilines is 3. The number of aromatic nitrogens is 4. The molecule has 0 saturated carbocycles. The number of aromatic carboxylic acids is 1. The van der Waals surface area contributed by atoms with Crippen LogP contribution in [0.4, 0.5) is 17.3 Å². The van der Waals surface area contributed by atoms with E-state index in [-0.39, 0.29) is 50.5 Å². The molecule has 16 nitrogen and oxygen atoms in total. The zero-order chi connectivity index (χ0) is 46.9. The van der Waals surface area contributed by atoms with Crippen molar-refractivity contribution in [2.45, 2.75) is 30.1 Å². The van der Waals surface area contributed by atoms with Crippen LogP contribution in [0.5, 0.6) is 0 Å². The van der Waals surface area contributed by atoms with Gasteiger partial charge in [-0.3, -0.25) is 4.79 Å². The lowest BCUT2D eigenvalue weighted by Crippen LogP contribution is -2.12. The molecular weight excluding hydrogens is 885 g/mol. The van der Waals surface area contributed by atoms with Crippen LogP contribution in [0.3, 0.4) is 0 Å². The van der Waals surface area contributed by atoms with Gasteiger partial charge in [0.25, 0.3) is 0 Å². The van der Waals surface area contributed by atoms with E-state index in [9.17, 15) is 35.6 Å². The number of hydrogen-bond acceptors (Lipinski definition) is 15. The average molecular weight is 934 g/mol. The van der Waals surface area contributed by atoms with Gasteiger partial charge in [0.1, 0.15) is 16.7 Å². The van der Waals surface area contributed by atoms with Gasteiger partial charge in [0, 0.05) is 23.2 Å². The van der Waals surface area contributed by atoms with Crippen molar-refractivity contribution in [3.63, 3.8) is 0 Å². The summed E-state index contributed by atoms with van der Waals surface area (Å²) in [4.78, 5) is 40.3. The van der Waals surface area contributed by atoms with E-state index in [2.05, 4.69) is 19.9 Å². The minimum Gasteiger partial charge on any atom is -0.476 e. The van der Waals surface area contributed by atoms with Crippen molar-refractivity contribution in [3.8, 4) is 22.5 Å². The van der Waals surface area contributed by atoms with Gasteiger partial charge >= 0.3 is 5.97 Å². The maximum Gasteiger partial charge on any atom is 0.358 e. The van der Waals surface area contributed by atoms with Crippen LogP contribution < -0.4 is 17.2 Å². The first-order valence-electron chi connectivity index (χ1n) is 18.9. The fourth-order valence-corrected chi connectivity index (χ4v) is 14.5. The van der Waals surface area contributed by atoms with Crippen molar-refractivity contribution in [2.24, 2.45) is 0 Å². The van der Waals surface area contributed by atoms with E-state index in [1.165, 1.54) is 75.5 Å². The molecular formula is C43H49N7O9P2S2. The molecule has 63 heavy (non-hydrogen) atoms. The number of hydrogen-bond donors (Lipinski definition) is 4. The second kappa shape index (κ2) is 20.4. The predicted molar refractivity (Wildman–Crippen MR) is 249 cm³/mol. The number of nitrogens with zero attached hydrogens (tertiary/aromatic N) is 4. The van der Waals surface area contributed by atoms with Gasteiger partial charge in [-0.05, 0) is 82.5 Å². The number of sulfone groups is 2. The Balaban J connectivity index is 0.000000229. The molecule has 0 spiro atoms. The lowest BCUT2D eigenvalue weighted by Gasteiger charge is -2.09. The minimum absolute atomic E-state index is 0.00337. The smallest absolute Gasteiger partial charge is 0.358 e. The molecule has 0 bridgehead atoms. The largest absolute Gasteiger partial charge is 0.476 e. The number of aryl methyl sites for hydroxylation is 2. The van der Waals surface area contributed by atoms with Gasteiger partial charge in [-0.25, -0.2) is 41.6 Å². The number of rotatable bonds is 12. The van der Waals surface area contributed by atoms with Crippen LogP contribution >= 0.6 is 14.3 Å². The normalized spacial score (nSPS) is 11.7. The summed E-state index contributed by atoms with van der Waals surface area (Å²) in [5, 5.41) is 8.90.